The van der Waals surface area contributed by atoms with Crippen LogP contribution in [0.25, 0.3) is 0 Å². The second kappa shape index (κ2) is 73.3. The third kappa shape index (κ3) is 51.5. The van der Waals surface area contributed by atoms with Crippen LogP contribution in [0.2, 0.25) is 0 Å². The molecule has 1 aromatic heterocycles. The summed E-state index contributed by atoms with van der Waals surface area (Å²) in [5, 5.41) is 39.0. The Morgan fingerprint density at radius 3 is 1.43 bits per heavy atom. The number of phosphoric acid groups is 3. The molecule has 3 saturated heterocycles. The van der Waals surface area contributed by atoms with E-state index in [9.17, 15) is 101 Å². The molecule has 0 saturated carbocycles. The number of aromatic amines is 1. The van der Waals surface area contributed by atoms with Crippen LogP contribution in [0, 0.1) is 41.4 Å². The molecular formula is C93H173N22O28P3. The van der Waals surface area contributed by atoms with Crippen molar-refractivity contribution in [2.24, 2.45) is 69.0 Å². The number of ether oxygens (including phenoxy) is 2. The second-order valence-electron chi connectivity index (χ2n) is 35.5. The van der Waals surface area contributed by atoms with E-state index in [1.54, 1.807) is 32.9 Å². The summed E-state index contributed by atoms with van der Waals surface area (Å²) in [7, 11) is -17.2. The summed E-state index contributed by atoms with van der Waals surface area (Å²) in [6, 6.07) is -9.02. The molecule has 4 heterocycles. The first-order valence-electron chi connectivity index (χ1n) is 51.1. The Hall–Kier alpha value is -8.90. The van der Waals surface area contributed by atoms with Crippen LogP contribution in [-0.2, 0) is 93.8 Å². The average Bonchev–Trinajstić information content (AvgIpc) is 1.60. The van der Waals surface area contributed by atoms with E-state index >= 15 is 0 Å². The predicted molar refractivity (Wildman–Crippen MR) is 550 cm³/mol. The van der Waals surface area contributed by atoms with E-state index in [0.29, 0.717) is 51.4 Å². The van der Waals surface area contributed by atoms with Gasteiger partial charge in [0.1, 0.15) is 60.2 Å². The van der Waals surface area contributed by atoms with Gasteiger partial charge in [-0.3, -0.25) is 81.5 Å². The molecule has 5 rings (SSSR count). The summed E-state index contributed by atoms with van der Waals surface area (Å²) in [4.78, 5) is 246. The van der Waals surface area contributed by atoms with Gasteiger partial charge in [0.15, 0.2) is 5.96 Å². The topological polar surface area (TPSA) is 751 Å². The number of aromatic nitrogens is 2. The van der Waals surface area contributed by atoms with Crippen LogP contribution in [0.3, 0.4) is 0 Å². The van der Waals surface area contributed by atoms with Gasteiger partial charge < -0.3 is 135 Å². The molecule has 10 amide bonds. The van der Waals surface area contributed by atoms with E-state index in [1.165, 1.54) is 83.4 Å². The SMILES string of the molecule is CC1C=CC(COC(=O)CCC#Cc2cn([C@H]3C[C@H](O)[C@@H](COP(=O)(O)OP(=O)(O)OP(=O)(O)O)O3)c(=O)[nH]c2=O)C2C(=O)N(CCC(=O)NCC(=O)N[C@H](C(=O)N[C@@H](CCCCN)C(=O)N[C@@H](CCCN=C(N)N)C(=O)N[C@@H](CCCCN)C(=O)N[C@@H](CCCCN)C(=O)N[C@@H](CCCCN)C(=O)N3CCC[C@H]3C(=O)O)C(C)C)C(=O)C12.CCN(CC)CC.CCN(CC)CC.CCN(CC)CC.CCN(CC)CC. The number of carboxylic acids is 1. The predicted octanol–water partition coefficient (Wildman–Crippen LogP) is 0.735. The van der Waals surface area contributed by atoms with Gasteiger partial charge in [0.2, 0.25) is 59.1 Å². The number of unbranched alkanes of at least 4 members (excludes halogenated alkanes) is 4. The highest BCUT2D eigenvalue weighted by atomic mass is 31.3. The minimum absolute atomic E-state index is 0.00388. The summed E-state index contributed by atoms with van der Waals surface area (Å²) in [5.74, 6) is -8.60. The molecule has 3 fully saturated rings. The largest absolute Gasteiger partial charge is 0.490 e. The maximum atomic E-state index is 14.6. The Kier molecular flexibility index (Phi) is 67.8. The number of hydrogen-bond acceptors (Lipinski definition) is 32. The zero-order valence-electron chi connectivity index (χ0n) is 88.1. The molecule has 0 aromatic carbocycles. The van der Waals surface area contributed by atoms with Gasteiger partial charge in [0, 0.05) is 51.0 Å². The van der Waals surface area contributed by atoms with E-state index in [2.05, 4.69) is 170 Å². The number of phosphoric ester groups is 1. The summed E-state index contributed by atoms with van der Waals surface area (Å²) >= 11 is 0. The van der Waals surface area contributed by atoms with Crippen molar-refractivity contribution in [3.8, 4) is 11.8 Å². The lowest BCUT2D eigenvalue weighted by Gasteiger charge is -2.30. The van der Waals surface area contributed by atoms with Gasteiger partial charge in [-0.25, -0.2) is 23.3 Å². The van der Waals surface area contributed by atoms with Gasteiger partial charge >= 0.3 is 41.1 Å². The summed E-state index contributed by atoms with van der Waals surface area (Å²) in [6.07, 6.45) is 2.22. The number of nitrogens with two attached hydrogens (primary N) is 6. The fraction of sp³-hybridized carbons (Fsp3) is 0.774. The average molecular weight is 2140 g/mol. The van der Waals surface area contributed by atoms with Crippen molar-refractivity contribution >= 4 is 100 Å². The van der Waals surface area contributed by atoms with Crippen molar-refractivity contribution in [1.29, 1.82) is 0 Å². The third-order valence-electron chi connectivity index (χ3n) is 24.9. The molecule has 16 atom stereocenters. The lowest BCUT2D eigenvalue weighted by molar-refractivity contribution is -0.149. The van der Waals surface area contributed by atoms with Crippen molar-refractivity contribution in [2.45, 2.75) is 293 Å². The molecule has 0 bridgehead atoms. The number of aliphatic imine (C=N–C) groups is 1. The number of carboxylic acid groups (broad SMARTS) is 1. The molecule has 146 heavy (non-hydrogen) atoms. The normalized spacial score (nSPS) is 19.4. The van der Waals surface area contributed by atoms with Crippen LogP contribution >= 0.6 is 23.5 Å². The molecule has 0 radical (unpaired) electrons. The van der Waals surface area contributed by atoms with Crippen LogP contribution in [0.4, 0.5) is 0 Å². The van der Waals surface area contributed by atoms with E-state index in [-0.39, 0.29) is 122 Å². The molecule has 3 aliphatic heterocycles. The number of fused-ring (bicyclic) bond motifs is 1. The second-order valence-corrected chi connectivity index (χ2v) is 39.9. The molecular weight excluding hydrogens is 1970 g/mol. The highest BCUT2D eigenvalue weighted by Gasteiger charge is 2.54. The fourth-order valence-electron chi connectivity index (χ4n) is 16.2. The molecule has 26 N–H and O–H groups in total. The number of rotatable bonds is 63. The molecule has 4 aliphatic rings. The molecule has 838 valence electrons. The Morgan fingerprint density at radius 2 is 1.01 bits per heavy atom. The number of amides is 10. The fourth-order valence-corrected chi connectivity index (χ4v) is 19.2. The van der Waals surface area contributed by atoms with Gasteiger partial charge in [-0.2, -0.15) is 8.62 Å². The number of aliphatic hydroxyl groups excluding tert-OH is 1. The van der Waals surface area contributed by atoms with E-state index in [4.69, 9.17) is 53.7 Å². The maximum Gasteiger partial charge on any atom is 0.490 e. The van der Waals surface area contributed by atoms with Crippen molar-refractivity contribution < 1.29 is 124 Å². The van der Waals surface area contributed by atoms with Gasteiger partial charge in [0.05, 0.1) is 44.1 Å². The van der Waals surface area contributed by atoms with Crippen molar-refractivity contribution in [2.75, 3.05) is 144 Å². The van der Waals surface area contributed by atoms with Crippen molar-refractivity contribution in [1.82, 2.24) is 76.2 Å². The zero-order valence-corrected chi connectivity index (χ0v) is 90.8. The number of carbonyl (C=O) groups excluding carboxylic acids is 11. The Labute approximate surface area is 858 Å². The summed E-state index contributed by atoms with van der Waals surface area (Å²) in [6.45, 7) is 44.0. The number of aliphatic carboxylic acids is 1. The molecule has 6 unspecified atom stereocenters. The number of nitrogens with zero attached hydrogens (tertiary/aromatic N) is 8. The number of guanidine groups is 1. The molecule has 1 aromatic rings. The first-order valence-corrected chi connectivity index (χ1v) is 55.6. The van der Waals surface area contributed by atoms with Crippen molar-refractivity contribution in [3.05, 3.63) is 44.8 Å². The summed E-state index contributed by atoms with van der Waals surface area (Å²) < 4.78 is 58.4. The van der Waals surface area contributed by atoms with Gasteiger partial charge in [-0.05, 0) is 219 Å². The number of allylic oxidation sites excluding steroid dienone is 1. The van der Waals surface area contributed by atoms with Crippen LogP contribution in [0.1, 0.15) is 244 Å². The van der Waals surface area contributed by atoms with Crippen LogP contribution < -0.4 is 82.9 Å². The van der Waals surface area contributed by atoms with Gasteiger partial charge in [-0.1, -0.05) is 128 Å². The Balaban J connectivity index is 0.00000331. The van der Waals surface area contributed by atoms with Crippen LogP contribution in [0.5, 0.6) is 0 Å². The molecule has 50 nitrogen and oxygen atoms in total. The molecule has 53 heteroatoms. The molecule has 1 aliphatic carbocycles. The Bertz CT molecular complexity index is 4470. The number of hydrogen-bond donors (Lipinski definition) is 20. The molecule has 0 spiro atoms. The standard InChI is InChI=1S/C69H113N18O28P3.4C6H15N/c1-39(2)57(63(97)81-45(19-8-12-29-72)60(94)80-46(21-14-31-76-68(74)75)61(95)78-43(17-6-10-27-70)59(93)79-44(18-7-11-28-71)62(96)82-47(20-9-13-30-73)64(98)85-32-15-22-48(85)67(101)102)83-52(90)35-77-51(89)26-33-86-65(99)55-40(3)24-25-42(56(55)66(86)100)37-111-54(91)23-5-4-16-41-36-87(69(103)84-58(41)92)53-34-49(88)50(113-53)38-112-117(107,108)115-118(109,110)114-116(104,105)106;4*1-4-7(5-2)6-3/h24-25,36,39-40,42-50,53,55-57,88H,5-15,17-23,26-35,37-38,70-73H2,1-3H3,(H,77,89)(H,78,95)(H,79,93)(H,80,94)(H,81,97)(H,82,96)(H,83,90)(H,101,102)(H,107,108)(H,109,110)(H4,74,75,76)(H,84,92,103)(H2,104,105,106);4*4-6H2,1-3H3/t40?,42?,43-,44-,45-,46-,47-,48-,49-,50+,53+,55?,56?,57-;;;;/m0..../s1. The van der Waals surface area contributed by atoms with E-state index < -0.39 is 229 Å². The Morgan fingerprint density at radius 1 is 0.568 bits per heavy atom. The minimum Gasteiger partial charge on any atom is -0.480 e. The lowest BCUT2D eigenvalue weighted by atomic mass is 9.73. The number of esters is 1. The summed E-state index contributed by atoms with van der Waals surface area (Å²) in [5.41, 5.74) is 32.0. The maximum absolute atomic E-state index is 14.6. The van der Waals surface area contributed by atoms with Crippen molar-refractivity contribution in [3.63, 3.8) is 0 Å². The number of nitrogens with one attached hydrogen (secondary N) is 8. The van der Waals surface area contributed by atoms with E-state index in [1.807, 2.05) is 4.98 Å². The first-order chi connectivity index (χ1) is 69.0. The highest BCUT2D eigenvalue weighted by molar-refractivity contribution is 7.66. The van der Waals surface area contributed by atoms with Crippen LogP contribution in [-0.4, -0.2) is 344 Å². The monoisotopic (exact) mass is 2140 g/mol. The van der Waals surface area contributed by atoms with Gasteiger partial charge in [0.25, 0.3) is 5.56 Å². The van der Waals surface area contributed by atoms with Gasteiger partial charge in [-0.15, -0.1) is 0 Å². The first kappa shape index (κ1) is 135. The zero-order chi connectivity index (χ0) is 111. The number of H-pyrrole nitrogens is 1. The smallest absolute Gasteiger partial charge is 0.480 e. The quantitative estimate of drug-likeness (QED) is 0.00625. The number of likely N-dealkylation sites (tertiary alicyclic amines) is 2. The highest BCUT2D eigenvalue weighted by Crippen LogP contribution is 2.66. The van der Waals surface area contributed by atoms with E-state index in [0.717, 1.165) is 15.7 Å². The number of imide groups is 1. The minimum atomic E-state index is -5.87. The number of carbonyl (C=O) groups is 12. The number of aliphatic hydroxyl groups is 1. The van der Waals surface area contributed by atoms with Crippen LogP contribution in [0.15, 0.2) is 32.9 Å². The lowest BCUT2D eigenvalue weighted by Crippen LogP contribution is -2.60. The third-order valence-corrected chi connectivity index (χ3v) is 28.7.